The van der Waals surface area contributed by atoms with Gasteiger partial charge < -0.3 is 5.32 Å². The molecule has 0 atom stereocenters. The highest BCUT2D eigenvalue weighted by molar-refractivity contribution is 6.18. The largest absolute Gasteiger partial charge is 0.355 e. The molecule has 0 aromatic rings. The summed E-state index contributed by atoms with van der Waals surface area (Å²) in [6, 6.07) is 0. The summed E-state index contributed by atoms with van der Waals surface area (Å²) in [7, 11) is 0. The minimum absolute atomic E-state index is 0.171. The fraction of sp³-hybridized carbons (Fsp3) is 0.923. The van der Waals surface area contributed by atoms with Crippen molar-refractivity contribution in [2.24, 2.45) is 11.3 Å². The zero-order valence-electron chi connectivity index (χ0n) is 10.5. The normalized spacial score (nSPS) is 19.8. The van der Waals surface area contributed by atoms with Crippen LogP contribution < -0.4 is 5.32 Å². The molecule has 1 N–H and O–H groups in total. The van der Waals surface area contributed by atoms with Crippen LogP contribution in [0.3, 0.4) is 0 Å². The van der Waals surface area contributed by atoms with Gasteiger partial charge in [-0.25, -0.2) is 0 Å². The van der Waals surface area contributed by atoms with Crippen LogP contribution in [0.1, 0.15) is 52.4 Å². The van der Waals surface area contributed by atoms with E-state index >= 15 is 0 Å². The van der Waals surface area contributed by atoms with Crippen molar-refractivity contribution in [1.82, 2.24) is 5.32 Å². The van der Waals surface area contributed by atoms with Crippen LogP contribution in [-0.2, 0) is 4.79 Å². The van der Waals surface area contributed by atoms with Gasteiger partial charge in [0.1, 0.15) is 0 Å². The van der Waals surface area contributed by atoms with Gasteiger partial charge in [0.05, 0.1) is 0 Å². The summed E-state index contributed by atoms with van der Waals surface area (Å²) in [6.45, 7) is 4.90. The number of rotatable bonds is 5. The average molecular weight is 246 g/mol. The van der Waals surface area contributed by atoms with Crippen LogP contribution in [0.2, 0.25) is 0 Å². The topological polar surface area (TPSA) is 29.1 Å². The third-order valence-corrected chi connectivity index (χ3v) is 4.02. The van der Waals surface area contributed by atoms with Gasteiger partial charge in [0.15, 0.2) is 0 Å². The van der Waals surface area contributed by atoms with E-state index < -0.39 is 0 Å². The molecule has 0 aliphatic heterocycles. The lowest BCUT2D eigenvalue weighted by atomic mass is 9.75. The molecule has 0 saturated heterocycles. The number of hydrogen-bond donors (Lipinski definition) is 1. The van der Waals surface area contributed by atoms with Crippen molar-refractivity contribution < 1.29 is 4.79 Å². The first-order valence-corrected chi connectivity index (χ1v) is 6.94. The van der Waals surface area contributed by atoms with Gasteiger partial charge in [0, 0.05) is 24.3 Å². The molecule has 0 bridgehead atoms. The Kier molecular flexibility index (Phi) is 5.60. The molecule has 1 aliphatic rings. The lowest BCUT2D eigenvalue weighted by Crippen LogP contribution is -2.40. The van der Waals surface area contributed by atoms with Crippen molar-refractivity contribution in [3.8, 4) is 0 Å². The molecule has 0 heterocycles. The highest BCUT2D eigenvalue weighted by Crippen LogP contribution is 2.36. The van der Waals surface area contributed by atoms with Crippen molar-refractivity contribution in [2.45, 2.75) is 52.4 Å². The molecule has 94 valence electrons. The van der Waals surface area contributed by atoms with Crippen molar-refractivity contribution in [3.05, 3.63) is 0 Å². The molecule has 1 rings (SSSR count). The molecule has 0 spiro atoms. The lowest BCUT2D eigenvalue weighted by molar-refractivity contribution is -0.122. The first-order chi connectivity index (χ1) is 7.58. The standard InChI is InChI=1S/C13H24ClNO/c1-11(2)8-12(16)15-10-13(9-14)6-4-3-5-7-13/h11H,3-10H2,1-2H3,(H,15,16). The Labute approximate surface area is 104 Å². The summed E-state index contributed by atoms with van der Waals surface area (Å²) in [4.78, 5) is 11.6. The number of amides is 1. The van der Waals surface area contributed by atoms with Gasteiger partial charge in [-0.15, -0.1) is 11.6 Å². The van der Waals surface area contributed by atoms with E-state index in [1.807, 2.05) is 0 Å². The third-order valence-electron chi connectivity index (χ3n) is 3.45. The van der Waals surface area contributed by atoms with Gasteiger partial charge in [-0.05, 0) is 18.8 Å². The predicted molar refractivity (Wildman–Crippen MR) is 68.7 cm³/mol. The van der Waals surface area contributed by atoms with Crippen molar-refractivity contribution in [2.75, 3.05) is 12.4 Å². The summed E-state index contributed by atoms with van der Waals surface area (Å²) in [5, 5.41) is 3.05. The molecule has 1 fully saturated rings. The van der Waals surface area contributed by atoms with Crippen LogP contribution in [0.25, 0.3) is 0 Å². The fourth-order valence-corrected chi connectivity index (χ4v) is 2.75. The van der Waals surface area contributed by atoms with E-state index in [1.165, 1.54) is 32.1 Å². The van der Waals surface area contributed by atoms with Gasteiger partial charge in [-0.2, -0.15) is 0 Å². The first kappa shape index (κ1) is 13.8. The third kappa shape index (κ3) is 4.32. The number of carbonyl (C=O) groups excluding carboxylic acids is 1. The van der Waals surface area contributed by atoms with Gasteiger partial charge in [-0.1, -0.05) is 33.1 Å². The second-order valence-electron chi connectivity index (χ2n) is 5.57. The molecule has 0 radical (unpaired) electrons. The SMILES string of the molecule is CC(C)CC(=O)NCC1(CCl)CCCCC1. The van der Waals surface area contributed by atoms with E-state index in [9.17, 15) is 4.79 Å². The number of halogens is 1. The number of hydrogen-bond acceptors (Lipinski definition) is 1. The monoisotopic (exact) mass is 245 g/mol. The Morgan fingerprint density at radius 1 is 1.31 bits per heavy atom. The minimum Gasteiger partial charge on any atom is -0.355 e. The van der Waals surface area contributed by atoms with E-state index in [1.54, 1.807) is 0 Å². The highest BCUT2D eigenvalue weighted by atomic mass is 35.5. The summed E-state index contributed by atoms with van der Waals surface area (Å²) in [5.74, 6) is 1.28. The summed E-state index contributed by atoms with van der Waals surface area (Å²) >= 11 is 6.07. The first-order valence-electron chi connectivity index (χ1n) is 6.41. The van der Waals surface area contributed by atoms with E-state index in [2.05, 4.69) is 19.2 Å². The smallest absolute Gasteiger partial charge is 0.220 e. The molecule has 0 aromatic carbocycles. The fourth-order valence-electron chi connectivity index (χ4n) is 2.39. The second-order valence-corrected chi connectivity index (χ2v) is 5.84. The summed E-state index contributed by atoms with van der Waals surface area (Å²) in [5.41, 5.74) is 0.173. The molecular weight excluding hydrogens is 222 g/mol. The van der Waals surface area contributed by atoms with E-state index in [-0.39, 0.29) is 11.3 Å². The summed E-state index contributed by atoms with van der Waals surface area (Å²) in [6.07, 6.45) is 6.79. The van der Waals surface area contributed by atoms with Crippen LogP contribution in [0, 0.1) is 11.3 Å². The van der Waals surface area contributed by atoms with Crippen molar-refractivity contribution in [3.63, 3.8) is 0 Å². The Morgan fingerprint density at radius 3 is 2.44 bits per heavy atom. The lowest BCUT2D eigenvalue weighted by Gasteiger charge is -2.35. The molecule has 0 unspecified atom stereocenters. The van der Waals surface area contributed by atoms with Crippen LogP contribution in [0.5, 0.6) is 0 Å². The molecule has 16 heavy (non-hydrogen) atoms. The van der Waals surface area contributed by atoms with Crippen LogP contribution in [0.4, 0.5) is 0 Å². The van der Waals surface area contributed by atoms with Crippen LogP contribution in [-0.4, -0.2) is 18.3 Å². The molecule has 1 saturated carbocycles. The Bertz CT molecular complexity index is 222. The average Bonchev–Trinajstić information content (AvgIpc) is 2.27. The van der Waals surface area contributed by atoms with Gasteiger partial charge >= 0.3 is 0 Å². The van der Waals surface area contributed by atoms with E-state index in [4.69, 9.17) is 11.6 Å². The van der Waals surface area contributed by atoms with Crippen LogP contribution in [0.15, 0.2) is 0 Å². The van der Waals surface area contributed by atoms with Gasteiger partial charge in [0.2, 0.25) is 5.91 Å². The van der Waals surface area contributed by atoms with E-state index in [0.29, 0.717) is 18.2 Å². The quantitative estimate of drug-likeness (QED) is 0.740. The number of carbonyl (C=O) groups is 1. The van der Waals surface area contributed by atoms with Crippen LogP contribution >= 0.6 is 11.6 Å². The van der Waals surface area contributed by atoms with Crippen molar-refractivity contribution >= 4 is 17.5 Å². The Morgan fingerprint density at radius 2 is 1.94 bits per heavy atom. The number of nitrogens with one attached hydrogen (secondary N) is 1. The molecule has 1 aliphatic carbocycles. The highest BCUT2D eigenvalue weighted by Gasteiger charge is 2.31. The maximum Gasteiger partial charge on any atom is 0.220 e. The van der Waals surface area contributed by atoms with Crippen molar-refractivity contribution in [1.29, 1.82) is 0 Å². The Hall–Kier alpha value is -0.240. The molecule has 1 amide bonds. The maximum absolute atomic E-state index is 11.6. The van der Waals surface area contributed by atoms with Gasteiger partial charge in [-0.3, -0.25) is 4.79 Å². The van der Waals surface area contributed by atoms with Gasteiger partial charge in [0.25, 0.3) is 0 Å². The molecule has 0 aromatic heterocycles. The zero-order valence-corrected chi connectivity index (χ0v) is 11.3. The summed E-state index contributed by atoms with van der Waals surface area (Å²) < 4.78 is 0. The molecular formula is C13H24ClNO. The predicted octanol–water partition coefficient (Wildman–Crippen LogP) is 3.34. The maximum atomic E-state index is 11.6. The number of alkyl halides is 1. The molecule has 3 heteroatoms. The Balaban J connectivity index is 2.35. The van der Waals surface area contributed by atoms with E-state index in [0.717, 1.165) is 6.54 Å². The molecule has 2 nitrogen and oxygen atoms in total. The zero-order chi connectivity index (χ0) is 12.0. The minimum atomic E-state index is 0.171. The second kappa shape index (κ2) is 6.48.